The van der Waals surface area contributed by atoms with Gasteiger partial charge in [0, 0.05) is 11.3 Å². The van der Waals surface area contributed by atoms with Crippen LogP contribution in [-0.4, -0.2) is 13.3 Å². The van der Waals surface area contributed by atoms with Crippen molar-refractivity contribution < 1.29 is 9.47 Å². The second-order valence-corrected chi connectivity index (χ2v) is 5.76. The molecule has 1 N–H and O–H groups in total. The molecular formula is C17H17NO2. The fraction of sp³-hybridized carbons (Fsp3) is 0.294. The van der Waals surface area contributed by atoms with Gasteiger partial charge in [0.1, 0.15) is 11.5 Å². The molecule has 2 aromatic carbocycles. The molecule has 0 unspecified atom stereocenters. The summed E-state index contributed by atoms with van der Waals surface area (Å²) in [6.07, 6.45) is -0.0404. The molecule has 2 aliphatic heterocycles. The fourth-order valence-corrected chi connectivity index (χ4v) is 3.35. The summed E-state index contributed by atoms with van der Waals surface area (Å²) in [5, 5.41) is 3.48. The lowest BCUT2D eigenvalue weighted by atomic mass is 9.77. The highest BCUT2D eigenvalue weighted by atomic mass is 16.5. The Balaban J connectivity index is 1.96. The molecule has 0 aliphatic carbocycles. The van der Waals surface area contributed by atoms with Gasteiger partial charge in [-0.15, -0.1) is 0 Å². The number of fused-ring (bicyclic) bond motifs is 5. The van der Waals surface area contributed by atoms with Gasteiger partial charge in [-0.25, -0.2) is 0 Å². The van der Waals surface area contributed by atoms with E-state index in [1.54, 1.807) is 7.11 Å². The molecule has 0 radical (unpaired) electrons. The van der Waals surface area contributed by atoms with E-state index >= 15 is 0 Å². The summed E-state index contributed by atoms with van der Waals surface area (Å²) in [5.41, 5.74) is 4.72. The van der Waals surface area contributed by atoms with Gasteiger partial charge in [0.15, 0.2) is 6.23 Å². The Kier molecular flexibility index (Phi) is 2.15. The summed E-state index contributed by atoms with van der Waals surface area (Å²) in [5.74, 6) is 1.86. The summed E-state index contributed by atoms with van der Waals surface area (Å²) in [6, 6.07) is 12.5. The summed E-state index contributed by atoms with van der Waals surface area (Å²) < 4.78 is 11.5. The Morgan fingerprint density at radius 1 is 1.15 bits per heavy atom. The van der Waals surface area contributed by atoms with Crippen molar-refractivity contribution in [2.24, 2.45) is 0 Å². The van der Waals surface area contributed by atoms with Gasteiger partial charge in [0.2, 0.25) is 0 Å². The lowest BCUT2D eigenvalue weighted by molar-refractivity contribution is 0.217. The third-order valence-electron chi connectivity index (χ3n) is 4.54. The molecule has 3 heteroatoms. The van der Waals surface area contributed by atoms with Crippen molar-refractivity contribution in [2.75, 3.05) is 12.4 Å². The van der Waals surface area contributed by atoms with Crippen LogP contribution in [0.15, 0.2) is 36.4 Å². The summed E-state index contributed by atoms with van der Waals surface area (Å²) in [6.45, 7) is 4.35. The number of hydrogen-bond acceptors (Lipinski definition) is 3. The van der Waals surface area contributed by atoms with E-state index in [4.69, 9.17) is 9.47 Å². The molecule has 0 saturated carbocycles. The molecule has 3 nitrogen and oxygen atoms in total. The fourth-order valence-electron chi connectivity index (χ4n) is 3.35. The van der Waals surface area contributed by atoms with Gasteiger partial charge < -0.3 is 14.8 Å². The summed E-state index contributed by atoms with van der Waals surface area (Å²) >= 11 is 0. The van der Waals surface area contributed by atoms with Gasteiger partial charge in [-0.1, -0.05) is 17.7 Å². The normalized spacial score (nSPS) is 25.2. The maximum atomic E-state index is 6.09. The van der Waals surface area contributed by atoms with E-state index in [9.17, 15) is 0 Å². The molecule has 2 heterocycles. The molecule has 0 bridgehead atoms. The van der Waals surface area contributed by atoms with Crippen molar-refractivity contribution in [1.82, 2.24) is 0 Å². The highest BCUT2D eigenvalue weighted by Crippen LogP contribution is 2.54. The monoisotopic (exact) mass is 267 g/mol. The standard InChI is InChI=1S/C17H17NO2/c1-10-4-7-15-13(8-10)17(2)12-9-11(19-3)5-6-14(12)18-16(17)20-15/h4-9,16,18H,1-3H3/t16-,17+/m0/s1. The maximum Gasteiger partial charge on any atom is 0.183 e. The van der Waals surface area contributed by atoms with E-state index in [0.29, 0.717) is 0 Å². The first-order chi connectivity index (χ1) is 9.62. The van der Waals surface area contributed by atoms with Crippen molar-refractivity contribution in [3.05, 3.63) is 53.1 Å². The van der Waals surface area contributed by atoms with Crippen LogP contribution in [0.3, 0.4) is 0 Å². The van der Waals surface area contributed by atoms with Crippen LogP contribution in [0.5, 0.6) is 11.5 Å². The third-order valence-corrected chi connectivity index (χ3v) is 4.54. The van der Waals surface area contributed by atoms with E-state index in [1.807, 2.05) is 6.07 Å². The van der Waals surface area contributed by atoms with E-state index in [1.165, 1.54) is 16.7 Å². The SMILES string of the molecule is COc1ccc2c(c1)[C@]1(C)c3cc(C)ccc3O[C@@H]1N2. The molecule has 0 saturated heterocycles. The largest absolute Gasteiger partial charge is 0.497 e. The zero-order valence-electron chi connectivity index (χ0n) is 11.9. The molecule has 20 heavy (non-hydrogen) atoms. The molecule has 0 fully saturated rings. The lowest BCUT2D eigenvalue weighted by Crippen LogP contribution is -2.35. The first-order valence-corrected chi connectivity index (χ1v) is 6.86. The molecule has 4 rings (SSSR count). The van der Waals surface area contributed by atoms with Crippen molar-refractivity contribution in [2.45, 2.75) is 25.5 Å². The number of rotatable bonds is 1. The van der Waals surface area contributed by atoms with E-state index in [-0.39, 0.29) is 11.6 Å². The molecule has 0 aromatic heterocycles. The Morgan fingerprint density at radius 2 is 2.00 bits per heavy atom. The second kappa shape index (κ2) is 3.69. The predicted molar refractivity (Wildman–Crippen MR) is 78.7 cm³/mol. The van der Waals surface area contributed by atoms with Crippen molar-refractivity contribution in [1.29, 1.82) is 0 Å². The summed E-state index contributed by atoms with van der Waals surface area (Å²) in [4.78, 5) is 0. The zero-order valence-corrected chi connectivity index (χ0v) is 11.9. The van der Waals surface area contributed by atoms with E-state index in [0.717, 1.165) is 17.2 Å². The Morgan fingerprint density at radius 3 is 2.80 bits per heavy atom. The minimum absolute atomic E-state index is 0.0404. The van der Waals surface area contributed by atoms with Crippen LogP contribution < -0.4 is 14.8 Å². The van der Waals surface area contributed by atoms with Crippen molar-refractivity contribution in [3.8, 4) is 11.5 Å². The maximum absolute atomic E-state index is 6.09. The van der Waals surface area contributed by atoms with Gasteiger partial charge in [-0.3, -0.25) is 0 Å². The van der Waals surface area contributed by atoms with Crippen LogP contribution in [0, 0.1) is 6.92 Å². The van der Waals surface area contributed by atoms with Crippen molar-refractivity contribution >= 4 is 5.69 Å². The molecule has 0 amide bonds. The quantitative estimate of drug-likeness (QED) is 0.858. The number of ether oxygens (including phenoxy) is 2. The van der Waals surface area contributed by atoms with Crippen LogP contribution in [0.1, 0.15) is 23.6 Å². The van der Waals surface area contributed by atoms with Gasteiger partial charge in [0.05, 0.1) is 12.5 Å². The van der Waals surface area contributed by atoms with Crippen LogP contribution in [0.2, 0.25) is 0 Å². The molecule has 2 aliphatic rings. The zero-order chi connectivity index (χ0) is 13.9. The van der Waals surface area contributed by atoms with Crippen LogP contribution in [-0.2, 0) is 5.41 Å². The predicted octanol–water partition coefficient (Wildman–Crippen LogP) is 3.45. The number of nitrogens with one attached hydrogen (secondary N) is 1. The average molecular weight is 267 g/mol. The van der Waals surface area contributed by atoms with Gasteiger partial charge in [-0.2, -0.15) is 0 Å². The van der Waals surface area contributed by atoms with Crippen LogP contribution in [0.4, 0.5) is 5.69 Å². The number of benzene rings is 2. The minimum atomic E-state index is -0.161. The smallest absolute Gasteiger partial charge is 0.183 e. The Bertz CT molecular complexity index is 710. The second-order valence-electron chi connectivity index (χ2n) is 5.76. The lowest BCUT2D eigenvalue weighted by Gasteiger charge is -2.23. The van der Waals surface area contributed by atoms with E-state index in [2.05, 4.69) is 49.5 Å². The first kappa shape index (κ1) is 11.6. The number of methoxy groups -OCH3 is 1. The summed E-state index contributed by atoms with van der Waals surface area (Å²) in [7, 11) is 1.70. The molecule has 102 valence electrons. The van der Waals surface area contributed by atoms with E-state index < -0.39 is 0 Å². The van der Waals surface area contributed by atoms with Gasteiger partial charge >= 0.3 is 0 Å². The van der Waals surface area contributed by atoms with Crippen LogP contribution >= 0.6 is 0 Å². The van der Waals surface area contributed by atoms with Crippen LogP contribution in [0.25, 0.3) is 0 Å². The minimum Gasteiger partial charge on any atom is -0.497 e. The molecule has 2 atom stereocenters. The van der Waals surface area contributed by atoms with Crippen molar-refractivity contribution in [3.63, 3.8) is 0 Å². The first-order valence-electron chi connectivity index (χ1n) is 6.86. The van der Waals surface area contributed by atoms with Gasteiger partial charge in [-0.05, 0) is 43.7 Å². The number of aryl methyl sites for hydroxylation is 1. The third kappa shape index (κ3) is 1.30. The highest BCUT2D eigenvalue weighted by Gasteiger charge is 2.52. The highest BCUT2D eigenvalue weighted by molar-refractivity contribution is 5.70. The number of hydrogen-bond donors (Lipinski definition) is 1. The topological polar surface area (TPSA) is 30.5 Å². The molecule has 0 spiro atoms. The molecule has 2 aromatic rings. The average Bonchev–Trinajstić information content (AvgIpc) is 2.88. The molecular weight excluding hydrogens is 250 g/mol. The number of anilines is 1. The van der Waals surface area contributed by atoms with Gasteiger partial charge in [0.25, 0.3) is 0 Å². The Hall–Kier alpha value is -2.16. The Labute approximate surface area is 118 Å².